The van der Waals surface area contributed by atoms with Crippen molar-refractivity contribution in [2.24, 2.45) is 0 Å². The van der Waals surface area contributed by atoms with Crippen LogP contribution in [-0.4, -0.2) is 48.1 Å². The molecule has 0 aliphatic carbocycles. The molecule has 20 heavy (non-hydrogen) atoms. The van der Waals surface area contributed by atoms with E-state index in [4.69, 9.17) is 5.11 Å². The van der Waals surface area contributed by atoms with E-state index in [1.807, 2.05) is 0 Å². The van der Waals surface area contributed by atoms with Crippen molar-refractivity contribution < 1.29 is 18.3 Å². The maximum Gasteiger partial charge on any atom is 0.304 e. The lowest BCUT2D eigenvalue weighted by Crippen LogP contribution is -2.29. The molecular weight excluding hydrogens is 284 g/mol. The number of nitrogens with one attached hydrogen (secondary N) is 2. The molecule has 0 spiro atoms. The molecule has 3 N–H and O–H groups in total. The second kappa shape index (κ2) is 6.23. The van der Waals surface area contributed by atoms with Gasteiger partial charge in [0, 0.05) is 6.20 Å². The maximum absolute atomic E-state index is 11.7. The number of carboxylic acid groups (broad SMARTS) is 1. The number of hydrogen-bond donors (Lipinski definition) is 3. The van der Waals surface area contributed by atoms with Crippen molar-refractivity contribution in [1.82, 2.24) is 15.1 Å². The van der Waals surface area contributed by atoms with E-state index in [0.717, 1.165) is 25.9 Å². The number of rotatable bonds is 6. The summed E-state index contributed by atoms with van der Waals surface area (Å²) in [6.07, 6.45) is 4.58. The van der Waals surface area contributed by atoms with Crippen LogP contribution < -0.4 is 10.0 Å². The maximum atomic E-state index is 11.7. The van der Waals surface area contributed by atoms with E-state index >= 15 is 0 Å². The van der Waals surface area contributed by atoms with Gasteiger partial charge in [0.1, 0.15) is 0 Å². The van der Waals surface area contributed by atoms with Gasteiger partial charge >= 0.3 is 5.97 Å². The minimum Gasteiger partial charge on any atom is -0.481 e. The van der Waals surface area contributed by atoms with Crippen LogP contribution in [0.5, 0.6) is 0 Å². The summed E-state index contributed by atoms with van der Waals surface area (Å²) < 4.78 is 27.4. The predicted octanol–water partition coefficient (Wildman–Crippen LogP) is 0.0240. The fourth-order valence-electron chi connectivity index (χ4n) is 2.11. The third kappa shape index (κ3) is 4.20. The quantitative estimate of drug-likeness (QED) is 0.683. The first-order chi connectivity index (χ1) is 9.46. The number of piperidine rings is 1. The number of sulfonamides is 1. The molecule has 1 aliphatic rings. The molecule has 1 aromatic heterocycles. The monoisotopic (exact) mass is 302 g/mol. The van der Waals surface area contributed by atoms with Crippen molar-refractivity contribution >= 4 is 21.7 Å². The number of aliphatic carboxylic acids is 1. The normalized spacial score (nSPS) is 17.0. The number of carbonyl (C=O) groups is 1. The number of anilines is 1. The first kappa shape index (κ1) is 14.8. The van der Waals surface area contributed by atoms with Crippen molar-refractivity contribution in [1.29, 1.82) is 0 Å². The van der Waals surface area contributed by atoms with Gasteiger partial charge in [-0.2, -0.15) is 5.10 Å². The highest BCUT2D eigenvalue weighted by molar-refractivity contribution is 7.92. The van der Waals surface area contributed by atoms with Gasteiger partial charge in [0.2, 0.25) is 10.0 Å². The van der Waals surface area contributed by atoms with Crippen molar-refractivity contribution in [2.75, 3.05) is 23.6 Å². The van der Waals surface area contributed by atoms with Crippen molar-refractivity contribution in [3.63, 3.8) is 0 Å². The third-order valence-corrected chi connectivity index (χ3v) is 4.43. The minimum atomic E-state index is -3.64. The van der Waals surface area contributed by atoms with Crippen LogP contribution in [-0.2, 0) is 14.8 Å². The molecule has 9 heteroatoms. The van der Waals surface area contributed by atoms with Gasteiger partial charge in [-0.05, 0) is 25.9 Å². The van der Waals surface area contributed by atoms with Gasteiger partial charge in [0.15, 0.2) is 0 Å². The SMILES string of the molecule is O=C(O)CCS(=O)(=O)Nc1cnn(C2CCNCC2)c1. The second-order valence-corrected chi connectivity index (χ2v) is 6.60. The summed E-state index contributed by atoms with van der Waals surface area (Å²) in [4.78, 5) is 10.4. The predicted molar refractivity (Wildman–Crippen MR) is 73.0 cm³/mol. The molecule has 0 radical (unpaired) electrons. The number of carboxylic acids is 1. The molecule has 0 bridgehead atoms. The summed E-state index contributed by atoms with van der Waals surface area (Å²) in [6.45, 7) is 1.84. The Morgan fingerprint density at radius 2 is 2.20 bits per heavy atom. The Morgan fingerprint density at radius 3 is 2.85 bits per heavy atom. The van der Waals surface area contributed by atoms with Crippen LogP contribution in [0.1, 0.15) is 25.3 Å². The smallest absolute Gasteiger partial charge is 0.304 e. The Hall–Kier alpha value is -1.61. The van der Waals surface area contributed by atoms with Crippen molar-refractivity contribution in [2.45, 2.75) is 25.3 Å². The van der Waals surface area contributed by atoms with Gasteiger partial charge in [0.05, 0.1) is 30.1 Å². The molecule has 1 saturated heterocycles. The summed E-state index contributed by atoms with van der Waals surface area (Å²) in [5.41, 5.74) is 0.369. The van der Waals surface area contributed by atoms with Crippen LogP contribution in [0, 0.1) is 0 Å². The summed E-state index contributed by atoms with van der Waals surface area (Å²) in [5, 5.41) is 15.9. The molecule has 0 amide bonds. The summed E-state index contributed by atoms with van der Waals surface area (Å²) in [5.74, 6) is -1.58. The summed E-state index contributed by atoms with van der Waals surface area (Å²) in [6, 6.07) is 0.272. The highest BCUT2D eigenvalue weighted by Crippen LogP contribution is 2.20. The average molecular weight is 302 g/mol. The lowest BCUT2D eigenvalue weighted by molar-refractivity contribution is -0.136. The number of hydrogen-bond acceptors (Lipinski definition) is 5. The first-order valence-corrected chi connectivity index (χ1v) is 8.09. The molecule has 2 rings (SSSR count). The van der Waals surface area contributed by atoms with Crippen LogP contribution in [0.2, 0.25) is 0 Å². The highest BCUT2D eigenvalue weighted by Gasteiger charge is 2.18. The van der Waals surface area contributed by atoms with Crippen molar-refractivity contribution in [3.05, 3.63) is 12.4 Å². The summed E-state index contributed by atoms with van der Waals surface area (Å²) >= 11 is 0. The van der Waals surface area contributed by atoms with Gasteiger partial charge in [-0.25, -0.2) is 8.42 Å². The fourth-order valence-corrected chi connectivity index (χ4v) is 3.12. The average Bonchev–Trinajstić information content (AvgIpc) is 2.85. The topological polar surface area (TPSA) is 113 Å². The van der Waals surface area contributed by atoms with E-state index in [-0.39, 0.29) is 6.04 Å². The molecule has 0 atom stereocenters. The van der Waals surface area contributed by atoms with Crippen LogP contribution in [0.4, 0.5) is 5.69 Å². The third-order valence-electron chi connectivity index (χ3n) is 3.14. The number of nitrogens with zero attached hydrogens (tertiary/aromatic N) is 2. The van der Waals surface area contributed by atoms with E-state index in [9.17, 15) is 13.2 Å². The van der Waals surface area contributed by atoms with Crippen LogP contribution in [0.3, 0.4) is 0 Å². The van der Waals surface area contributed by atoms with Crippen LogP contribution in [0.25, 0.3) is 0 Å². The lowest BCUT2D eigenvalue weighted by atomic mass is 10.1. The highest BCUT2D eigenvalue weighted by atomic mass is 32.2. The Labute approximate surface area is 117 Å². The van der Waals surface area contributed by atoms with Gasteiger partial charge in [0.25, 0.3) is 0 Å². The zero-order chi connectivity index (χ0) is 14.6. The zero-order valence-corrected chi connectivity index (χ0v) is 11.8. The lowest BCUT2D eigenvalue weighted by Gasteiger charge is -2.22. The molecule has 0 unspecified atom stereocenters. The fraction of sp³-hybridized carbons (Fsp3) is 0.636. The van der Waals surface area contributed by atoms with Crippen molar-refractivity contribution in [3.8, 4) is 0 Å². The van der Waals surface area contributed by atoms with Gasteiger partial charge in [-0.1, -0.05) is 0 Å². The van der Waals surface area contributed by atoms with E-state index in [1.54, 1.807) is 10.9 Å². The summed E-state index contributed by atoms with van der Waals surface area (Å²) in [7, 11) is -3.64. The molecule has 1 aromatic rings. The molecule has 0 saturated carbocycles. The van der Waals surface area contributed by atoms with Gasteiger partial charge in [-0.15, -0.1) is 0 Å². The van der Waals surface area contributed by atoms with Gasteiger partial charge in [-0.3, -0.25) is 14.2 Å². The standard InChI is InChI=1S/C11H18N4O4S/c16-11(17)3-6-20(18,19)14-9-7-13-15(8-9)10-1-4-12-5-2-10/h7-8,10,12,14H,1-6H2,(H,16,17). The Morgan fingerprint density at radius 1 is 1.50 bits per heavy atom. The molecule has 112 valence electrons. The van der Waals surface area contributed by atoms with E-state index in [0.29, 0.717) is 5.69 Å². The molecular formula is C11H18N4O4S. The van der Waals surface area contributed by atoms with Crippen LogP contribution in [0.15, 0.2) is 12.4 Å². The molecule has 0 aromatic carbocycles. The first-order valence-electron chi connectivity index (χ1n) is 6.43. The Bertz CT molecular complexity index is 563. The largest absolute Gasteiger partial charge is 0.481 e. The molecule has 1 aliphatic heterocycles. The molecule has 1 fully saturated rings. The van der Waals surface area contributed by atoms with Crippen LogP contribution >= 0.6 is 0 Å². The molecule has 8 nitrogen and oxygen atoms in total. The zero-order valence-electron chi connectivity index (χ0n) is 10.9. The minimum absolute atomic E-state index is 0.272. The molecule has 2 heterocycles. The van der Waals surface area contributed by atoms with E-state index in [1.165, 1.54) is 6.20 Å². The Balaban J connectivity index is 1.96. The Kier molecular flexibility index (Phi) is 4.61. The van der Waals surface area contributed by atoms with E-state index in [2.05, 4.69) is 15.1 Å². The second-order valence-electron chi connectivity index (χ2n) is 4.75. The van der Waals surface area contributed by atoms with E-state index < -0.39 is 28.2 Å². The van der Waals surface area contributed by atoms with Gasteiger partial charge < -0.3 is 10.4 Å². The number of aromatic nitrogens is 2.